The van der Waals surface area contributed by atoms with E-state index in [1.807, 2.05) is 6.92 Å². The summed E-state index contributed by atoms with van der Waals surface area (Å²) in [6.45, 7) is 3.40. The molecule has 1 aliphatic heterocycles. The van der Waals surface area contributed by atoms with E-state index in [1.54, 1.807) is 4.90 Å². The number of hydrogen-bond donors (Lipinski definition) is 2. The van der Waals surface area contributed by atoms with Gasteiger partial charge < -0.3 is 16.0 Å². The van der Waals surface area contributed by atoms with Gasteiger partial charge in [0, 0.05) is 25.6 Å². The molecule has 1 unspecified atom stereocenters. The molecular weight excluding hydrogens is 194 g/mol. The number of amides is 2. The van der Waals surface area contributed by atoms with Gasteiger partial charge in [0.15, 0.2) is 0 Å². The number of hydrogen-bond acceptors (Lipinski definition) is 3. The zero-order valence-electron chi connectivity index (χ0n) is 9.16. The molecule has 1 saturated heterocycles. The van der Waals surface area contributed by atoms with Gasteiger partial charge in [-0.2, -0.15) is 0 Å². The van der Waals surface area contributed by atoms with Crippen LogP contribution in [0, 0.1) is 0 Å². The van der Waals surface area contributed by atoms with E-state index < -0.39 is 0 Å². The number of nitrogens with one attached hydrogen (secondary N) is 1. The van der Waals surface area contributed by atoms with Crippen molar-refractivity contribution in [3.63, 3.8) is 0 Å². The number of nitrogens with zero attached hydrogens (tertiary/aromatic N) is 1. The first-order valence-corrected chi connectivity index (χ1v) is 5.39. The monoisotopic (exact) mass is 213 g/mol. The number of nitrogens with two attached hydrogens (primary N) is 1. The van der Waals surface area contributed by atoms with Crippen molar-refractivity contribution in [2.75, 3.05) is 19.6 Å². The highest BCUT2D eigenvalue weighted by Crippen LogP contribution is 2.03. The second-order valence-electron chi connectivity index (χ2n) is 4.03. The van der Waals surface area contributed by atoms with Crippen molar-refractivity contribution in [1.29, 1.82) is 0 Å². The second-order valence-corrected chi connectivity index (χ2v) is 4.03. The lowest BCUT2D eigenvalue weighted by molar-refractivity contribution is -0.135. The average molecular weight is 213 g/mol. The third-order valence-electron chi connectivity index (χ3n) is 2.43. The SMILES string of the molecule is CC(N)CCC(=O)N1CCCNC(=O)C1. The van der Waals surface area contributed by atoms with Gasteiger partial charge in [-0.3, -0.25) is 9.59 Å². The number of rotatable bonds is 3. The molecule has 0 radical (unpaired) electrons. The van der Waals surface area contributed by atoms with E-state index in [0.717, 1.165) is 6.42 Å². The molecule has 1 fully saturated rings. The quantitative estimate of drug-likeness (QED) is 0.661. The summed E-state index contributed by atoms with van der Waals surface area (Å²) in [7, 11) is 0. The molecule has 5 heteroatoms. The Morgan fingerprint density at radius 3 is 3.07 bits per heavy atom. The highest BCUT2D eigenvalue weighted by molar-refractivity contribution is 5.85. The molecule has 86 valence electrons. The zero-order valence-corrected chi connectivity index (χ0v) is 9.16. The van der Waals surface area contributed by atoms with Gasteiger partial charge in [0.2, 0.25) is 11.8 Å². The van der Waals surface area contributed by atoms with Crippen LogP contribution in [0.3, 0.4) is 0 Å². The predicted molar refractivity (Wildman–Crippen MR) is 57.1 cm³/mol. The van der Waals surface area contributed by atoms with E-state index in [2.05, 4.69) is 5.32 Å². The van der Waals surface area contributed by atoms with Gasteiger partial charge >= 0.3 is 0 Å². The molecule has 0 spiro atoms. The Morgan fingerprint density at radius 1 is 1.67 bits per heavy atom. The van der Waals surface area contributed by atoms with E-state index in [4.69, 9.17) is 5.73 Å². The molecule has 2 amide bonds. The molecule has 1 atom stereocenters. The Morgan fingerprint density at radius 2 is 2.40 bits per heavy atom. The number of carbonyl (C=O) groups is 2. The standard InChI is InChI=1S/C10H19N3O2/c1-8(11)3-4-10(15)13-6-2-5-12-9(14)7-13/h8H,2-7,11H2,1H3,(H,12,14). The van der Waals surface area contributed by atoms with Crippen molar-refractivity contribution in [1.82, 2.24) is 10.2 Å². The van der Waals surface area contributed by atoms with Crippen LogP contribution < -0.4 is 11.1 Å². The van der Waals surface area contributed by atoms with Crippen LogP contribution in [-0.4, -0.2) is 42.4 Å². The molecule has 1 aliphatic rings. The normalized spacial score (nSPS) is 19.3. The van der Waals surface area contributed by atoms with Crippen LogP contribution in [0.25, 0.3) is 0 Å². The lowest BCUT2D eigenvalue weighted by Crippen LogP contribution is -2.37. The van der Waals surface area contributed by atoms with E-state index in [9.17, 15) is 9.59 Å². The summed E-state index contributed by atoms with van der Waals surface area (Å²) in [5.41, 5.74) is 5.58. The molecule has 0 bridgehead atoms. The minimum absolute atomic E-state index is 0.0318. The third kappa shape index (κ3) is 4.29. The van der Waals surface area contributed by atoms with Crippen molar-refractivity contribution >= 4 is 11.8 Å². The number of carbonyl (C=O) groups excluding carboxylic acids is 2. The van der Waals surface area contributed by atoms with Gasteiger partial charge in [0.05, 0.1) is 6.54 Å². The molecule has 3 N–H and O–H groups in total. The van der Waals surface area contributed by atoms with Crippen LogP contribution in [0.4, 0.5) is 0 Å². The van der Waals surface area contributed by atoms with E-state index >= 15 is 0 Å². The Balaban J connectivity index is 2.39. The van der Waals surface area contributed by atoms with Gasteiger partial charge in [-0.1, -0.05) is 0 Å². The minimum atomic E-state index is -0.0679. The summed E-state index contributed by atoms with van der Waals surface area (Å²) in [4.78, 5) is 24.5. The molecule has 0 aromatic carbocycles. The van der Waals surface area contributed by atoms with Gasteiger partial charge in [-0.15, -0.1) is 0 Å². The molecule has 5 nitrogen and oxygen atoms in total. The van der Waals surface area contributed by atoms with Crippen LogP contribution in [0.15, 0.2) is 0 Å². The summed E-state index contributed by atoms with van der Waals surface area (Å²) < 4.78 is 0. The first-order valence-electron chi connectivity index (χ1n) is 5.39. The Labute approximate surface area is 90.0 Å². The maximum atomic E-state index is 11.7. The topological polar surface area (TPSA) is 75.4 Å². The van der Waals surface area contributed by atoms with E-state index in [1.165, 1.54) is 0 Å². The fraction of sp³-hybridized carbons (Fsp3) is 0.800. The Bertz CT molecular complexity index is 241. The first-order chi connectivity index (χ1) is 7.09. The molecule has 15 heavy (non-hydrogen) atoms. The molecule has 1 heterocycles. The lowest BCUT2D eigenvalue weighted by Gasteiger charge is -2.19. The summed E-state index contributed by atoms with van der Waals surface area (Å²) in [6.07, 6.45) is 1.94. The maximum absolute atomic E-state index is 11.7. The van der Waals surface area contributed by atoms with Crippen LogP contribution in [0.1, 0.15) is 26.2 Å². The van der Waals surface area contributed by atoms with Crippen LogP contribution in [0.2, 0.25) is 0 Å². The molecule has 0 aliphatic carbocycles. The van der Waals surface area contributed by atoms with Crippen molar-refractivity contribution in [2.45, 2.75) is 32.2 Å². The molecule has 0 aromatic rings. The van der Waals surface area contributed by atoms with Crippen molar-refractivity contribution in [3.8, 4) is 0 Å². The highest BCUT2D eigenvalue weighted by atomic mass is 16.2. The highest BCUT2D eigenvalue weighted by Gasteiger charge is 2.19. The van der Waals surface area contributed by atoms with Gasteiger partial charge in [0.1, 0.15) is 0 Å². The lowest BCUT2D eigenvalue weighted by atomic mass is 10.2. The summed E-state index contributed by atoms with van der Waals surface area (Å²) in [6, 6.07) is 0.0368. The Kier molecular flexibility index (Phi) is 4.55. The molecular formula is C10H19N3O2. The average Bonchev–Trinajstić information content (AvgIpc) is 2.39. The van der Waals surface area contributed by atoms with Crippen molar-refractivity contribution in [3.05, 3.63) is 0 Å². The summed E-state index contributed by atoms with van der Waals surface area (Å²) >= 11 is 0. The van der Waals surface area contributed by atoms with Gasteiger partial charge in [-0.05, 0) is 19.8 Å². The summed E-state index contributed by atoms with van der Waals surface area (Å²) in [5.74, 6) is -0.0361. The van der Waals surface area contributed by atoms with E-state index in [-0.39, 0.29) is 24.4 Å². The Hall–Kier alpha value is -1.10. The third-order valence-corrected chi connectivity index (χ3v) is 2.43. The fourth-order valence-corrected chi connectivity index (χ4v) is 1.53. The molecule has 0 saturated carbocycles. The molecule has 0 aromatic heterocycles. The van der Waals surface area contributed by atoms with Crippen LogP contribution >= 0.6 is 0 Å². The van der Waals surface area contributed by atoms with Crippen LogP contribution in [-0.2, 0) is 9.59 Å². The van der Waals surface area contributed by atoms with Crippen molar-refractivity contribution < 1.29 is 9.59 Å². The smallest absolute Gasteiger partial charge is 0.239 e. The second kappa shape index (κ2) is 5.70. The van der Waals surface area contributed by atoms with Crippen LogP contribution in [0.5, 0.6) is 0 Å². The van der Waals surface area contributed by atoms with Gasteiger partial charge in [0.25, 0.3) is 0 Å². The largest absolute Gasteiger partial charge is 0.354 e. The van der Waals surface area contributed by atoms with E-state index in [0.29, 0.717) is 25.9 Å². The zero-order chi connectivity index (χ0) is 11.3. The van der Waals surface area contributed by atoms with Crippen molar-refractivity contribution in [2.24, 2.45) is 5.73 Å². The maximum Gasteiger partial charge on any atom is 0.239 e. The summed E-state index contributed by atoms with van der Waals surface area (Å²) in [5, 5.41) is 2.74. The first kappa shape index (κ1) is 12.0. The molecule has 1 rings (SSSR count). The fourth-order valence-electron chi connectivity index (χ4n) is 1.53. The van der Waals surface area contributed by atoms with Gasteiger partial charge in [-0.25, -0.2) is 0 Å². The predicted octanol–water partition coefficient (Wildman–Crippen LogP) is -0.538. The minimum Gasteiger partial charge on any atom is -0.354 e.